The van der Waals surface area contributed by atoms with Crippen molar-refractivity contribution in [3.63, 3.8) is 0 Å². The molecule has 0 saturated carbocycles. The smallest absolute Gasteiger partial charge is 0.337 e. The first kappa shape index (κ1) is 15.9. The summed E-state index contributed by atoms with van der Waals surface area (Å²) in [5.41, 5.74) is -0.238. The van der Waals surface area contributed by atoms with E-state index in [9.17, 15) is 13.2 Å². The molecule has 0 aliphatic carbocycles. The topological polar surface area (TPSA) is 114 Å². The van der Waals surface area contributed by atoms with Gasteiger partial charge in [-0.3, -0.25) is 4.72 Å². The van der Waals surface area contributed by atoms with Crippen LogP contribution in [0.2, 0.25) is 0 Å². The molecule has 112 valence electrons. The molecule has 11 heteroatoms. The Morgan fingerprint density at radius 1 is 1.38 bits per heavy atom. The molecule has 0 amide bonds. The van der Waals surface area contributed by atoms with Crippen molar-refractivity contribution in [1.29, 1.82) is 0 Å². The number of nitrogens with one attached hydrogen (secondary N) is 1. The highest BCUT2D eigenvalue weighted by Gasteiger charge is 2.25. The van der Waals surface area contributed by atoms with Crippen LogP contribution in [0.3, 0.4) is 0 Å². The molecule has 1 aromatic carbocycles. The summed E-state index contributed by atoms with van der Waals surface area (Å²) < 4.78 is 28.5. The molecule has 1 heterocycles. The lowest BCUT2D eigenvalue weighted by atomic mass is 10.2. The van der Waals surface area contributed by atoms with Crippen molar-refractivity contribution in [2.24, 2.45) is 7.05 Å². The number of carboxylic acids is 1. The maximum atomic E-state index is 12.3. The molecule has 0 spiro atoms. The second-order valence-electron chi connectivity index (χ2n) is 3.91. The molecule has 1 aromatic heterocycles. The lowest BCUT2D eigenvalue weighted by Gasteiger charge is -2.11. The standard InChI is InChI=1S/C10H8Br2N4O4S/c1-16-9(8(12)13-15-16)21(19,20)14-7-4-5(11)2-3-6(7)10(17)18/h2-4,14H,1H3,(H,17,18). The van der Waals surface area contributed by atoms with Gasteiger partial charge in [0, 0.05) is 11.5 Å². The van der Waals surface area contributed by atoms with Crippen LogP contribution in [0.15, 0.2) is 32.3 Å². The number of aromatic carboxylic acids is 1. The summed E-state index contributed by atoms with van der Waals surface area (Å²) in [6.07, 6.45) is 0. The molecule has 2 aromatic rings. The molecule has 0 unspecified atom stereocenters. The van der Waals surface area contributed by atoms with E-state index in [1.165, 1.54) is 25.2 Å². The Hall–Kier alpha value is -1.46. The van der Waals surface area contributed by atoms with Crippen LogP contribution in [0.4, 0.5) is 5.69 Å². The number of aryl methyl sites for hydroxylation is 1. The highest BCUT2D eigenvalue weighted by atomic mass is 79.9. The van der Waals surface area contributed by atoms with Gasteiger partial charge < -0.3 is 5.11 Å². The molecular formula is C10H8Br2N4O4S. The summed E-state index contributed by atoms with van der Waals surface area (Å²) in [5.74, 6) is -1.25. The highest BCUT2D eigenvalue weighted by molar-refractivity contribution is 9.10. The summed E-state index contributed by atoms with van der Waals surface area (Å²) >= 11 is 6.15. The van der Waals surface area contributed by atoms with Gasteiger partial charge in [0.15, 0.2) is 4.60 Å². The van der Waals surface area contributed by atoms with Gasteiger partial charge in [-0.05, 0) is 34.1 Å². The number of aromatic nitrogens is 3. The van der Waals surface area contributed by atoms with Gasteiger partial charge in [-0.25, -0.2) is 9.48 Å². The summed E-state index contributed by atoms with van der Waals surface area (Å²) in [5, 5.41) is 16.1. The second kappa shape index (κ2) is 5.73. The van der Waals surface area contributed by atoms with Crippen LogP contribution in [0, 0.1) is 0 Å². The normalized spacial score (nSPS) is 11.4. The third-order valence-corrected chi connectivity index (χ3v) is 5.19. The van der Waals surface area contributed by atoms with E-state index >= 15 is 0 Å². The van der Waals surface area contributed by atoms with Crippen molar-refractivity contribution in [2.45, 2.75) is 5.03 Å². The molecule has 0 aliphatic heterocycles. The van der Waals surface area contributed by atoms with Gasteiger partial charge >= 0.3 is 5.97 Å². The molecule has 0 bridgehead atoms. The highest BCUT2D eigenvalue weighted by Crippen LogP contribution is 2.26. The zero-order valence-corrected chi connectivity index (χ0v) is 14.4. The van der Waals surface area contributed by atoms with Crippen LogP contribution < -0.4 is 4.72 Å². The first-order valence-electron chi connectivity index (χ1n) is 5.33. The van der Waals surface area contributed by atoms with Gasteiger partial charge in [-0.1, -0.05) is 21.1 Å². The lowest BCUT2D eigenvalue weighted by molar-refractivity contribution is 0.0698. The molecule has 2 rings (SSSR count). The van der Waals surface area contributed by atoms with E-state index < -0.39 is 16.0 Å². The van der Waals surface area contributed by atoms with E-state index in [0.29, 0.717) is 4.47 Å². The van der Waals surface area contributed by atoms with E-state index in [1.807, 2.05) is 0 Å². The zero-order chi connectivity index (χ0) is 15.8. The SMILES string of the molecule is Cn1nnc(Br)c1S(=O)(=O)Nc1cc(Br)ccc1C(=O)O. The summed E-state index contributed by atoms with van der Waals surface area (Å²) in [4.78, 5) is 11.1. The van der Waals surface area contributed by atoms with E-state index in [2.05, 4.69) is 46.9 Å². The van der Waals surface area contributed by atoms with Crippen LogP contribution in [0.1, 0.15) is 10.4 Å². The Morgan fingerprint density at radius 2 is 2.05 bits per heavy atom. The molecule has 2 N–H and O–H groups in total. The predicted octanol–water partition coefficient (Wildman–Crippen LogP) is 1.84. The number of anilines is 1. The summed E-state index contributed by atoms with van der Waals surface area (Å²) in [6.45, 7) is 0. The third-order valence-electron chi connectivity index (χ3n) is 2.45. The molecule has 8 nitrogen and oxygen atoms in total. The van der Waals surface area contributed by atoms with Crippen LogP contribution >= 0.6 is 31.9 Å². The Kier molecular flexibility index (Phi) is 4.35. The van der Waals surface area contributed by atoms with E-state index in [4.69, 9.17) is 5.11 Å². The van der Waals surface area contributed by atoms with Gasteiger partial charge in [-0.15, -0.1) is 5.10 Å². The Bertz CT molecular complexity index is 799. The molecule has 21 heavy (non-hydrogen) atoms. The fraction of sp³-hybridized carbons (Fsp3) is 0.100. The summed E-state index contributed by atoms with van der Waals surface area (Å²) in [6, 6.07) is 4.16. The molecule has 0 radical (unpaired) electrons. The number of hydrogen-bond donors (Lipinski definition) is 2. The van der Waals surface area contributed by atoms with Crippen LogP contribution in [-0.4, -0.2) is 34.5 Å². The first-order valence-corrected chi connectivity index (χ1v) is 8.40. The van der Waals surface area contributed by atoms with E-state index in [-0.39, 0.29) is 20.9 Å². The number of carbonyl (C=O) groups is 1. The van der Waals surface area contributed by atoms with Gasteiger partial charge in [0.05, 0.1) is 11.3 Å². The minimum Gasteiger partial charge on any atom is -0.478 e. The number of rotatable bonds is 4. The number of hydrogen-bond acceptors (Lipinski definition) is 5. The molecule has 0 aliphatic rings. The van der Waals surface area contributed by atoms with Crippen LogP contribution in [-0.2, 0) is 17.1 Å². The monoisotopic (exact) mass is 438 g/mol. The largest absolute Gasteiger partial charge is 0.478 e. The van der Waals surface area contributed by atoms with E-state index in [1.54, 1.807) is 0 Å². The zero-order valence-electron chi connectivity index (χ0n) is 10.4. The molecular weight excluding hydrogens is 432 g/mol. The Balaban J connectivity index is 2.51. The Labute approximate surface area is 136 Å². The van der Waals surface area contributed by atoms with Gasteiger partial charge in [0.2, 0.25) is 5.03 Å². The van der Waals surface area contributed by atoms with Crippen molar-refractivity contribution in [2.75, 3.05) is 4.72 Å². The maximum Gasteiger partial charge on any atom is 0.337 e. The number of benzene rings is 1. The van der Waals surface area contributed by atoms with Crippen LogP contribution in [0.25, 0.3) is 0 Å². The van der Waals surface area contributed by atoms with E-state index in [0.717, 1.165) is 4.68 Å². The first-order chi connectivity index (χ1) is 9.72. The lowest BCUT2D eigenvalue weighted by Crippen LogP contribution is -2.19. The van der Waals surface area contributed by atoms with Crippen molar-refractivity contribution >= 4 is 53.5 Å². The average molecular weight is 440 g/mol. The second-order valence-corrected chi connectivity index (χ2v) is 7.17. The predicted molar refractivity (Wildman–Crippen MR) is 80.6 cm³/mol. The van der Waals surface area contributed by atoms with Crippen molar-refractivity contribution < 1.29 is 18.3 Å². The number of sulfonamides is 1. The molecule has 0 fully saturated rings. The quantitative estimate of drug-likeness (QED) is 0.751. The fourth-order valence-electron chi connectivity index (χ4n) is 1.59. The van der Waals surface area contributed by atoms with Crippen molar-refractivity contribution in [3.05, 3.63) is 32.8 Å². The minimum atomic E-state index is -4.05. The van der Waals surface area contributed by atoms with Crippen molar-refractivity contribution in [1.82, 2.24) is 15.0 Å². The summed E-state index contributed by atoms with van der Waals surface area (Å²) in [7, 11) is -2.64. The third kappa shape index (κ3) is 3.24. The molecule has 0 saturated heterocycles. The number of nitrogens with zero attached hydrogens (tertiary/aromatic N) is 3. The Morgan fingerprint density at radius 3 is 2.57 bits per heavy atom. The maximum absolute atomic E-state index is 12.3. The van der Waals surface area contributed by atoms with Gasteiger partial charge in [0.25, 0.3) is 10.0 Å². The van der Waals surface area contributed by atoms with Gasteiger partial charge in [-0.2, -0.15) is 8.42 Å². The average Bonchev–Trinajstić information content (AvgIpc) is 2.68. The number of halogens is 2. The molecule has 0 atom stereocenters. The van der Waals surface area contributed by atoms with Crippen LogP contribution in [0.5, 0.6) is 0 Å². The fourth-order valence-corrected chi connectivity index (χ4v) is 4.12. The van der Waals surface area contributed by atoms with Gasteiger partial charge in [0.1, 0.15) is 0 Å². The van der Waals surface area contributed by atoms with Crippen molar-refractivity contribution in [3.8, 4) is 0 Å². The minimum absolute atomic E-state index is 0.0318. The number of carboxylic acid groups (broad SMARTS) is 1.